The van der Waals surface area contributed by atoms with Crippen LogP contribution in [0.4, 0.5) is 0 Å². The second kappa shape index (κ2) is 7.56. The molecule has 1 unspecified atom stereocenters. The fraction of sp³-hybridized carbons (Fsp3) is 0.0435. The van der Waals surface area contributed by atoms with Gasteiger partial charge in [0.15, 0.2) is 7.14 Å². The van der Waals surface area contributed by atoms with Crippen molar-refractivity contribution in [1.29, 1.82) is 0 Å². The molecule has 2 nitrogen and oxygen atoms in total. The van der Waals surface area contributed by atoms with Crippen LogP contribution in [0.15, 0.2) is 102 Å². The molecule has 0 saturated heterocycles. The molecule has 1 heterocycles. The molecule has 1 N–H and O–H groups in total. The molecule has 4 heteroatoms. The van der Waals surface area contributed by atoms with Crippen molar-refractivity contribution >= 4 is 29.1 Å². The molecule has 1 aromatic heterocycles. The second-order valence-electron chi connectivity index (χ2n) is 6.31. The Labute approximate surface area is 163 Å². The number of hydrogen-bond donors (Lipinski definition) is 1. The van der Waals surface area contributed by atoms with E-state index in [4.69, 9.17) is 0 Å². The molecule has 134 valence electrons. The van der Waals surface area contributed by atoms with Gasteiger partial charge in [0.25, 0.3) is 0 Å². The first kappa shape index (κ1) is 17.8. The summed E-state index contributed by atoms with van der Waals surface area (Å²) in [6, 6.07) is 30.4. The van der Waals surface area contributed by atoms with E-state index in [2.05, 4.69) is 0 Å². The zero-order chi connectivity index (χ0) is 18.7. The molecule has 0 aliphatic rings. The van der Waals surface area contributed by atoms with E-state index in [9.17, 15) is 9.67 Å². The van der Waals surface area contributed by atoms with Gasteiger partial charge in [-0.2, -0.15) is 0 Å². The average molecular weight is 390 g/mol. The summed E-state index contributed by atoms with van der Waals surface area (Å²) in [5.41, 5.74) is 0.250. The van der Waals surface area contributed by atoms with Gasteiger partial charge in [-0.05, 0) is 17.5 Å². The predicted octanol–water partition coefficient (Wildman–Crippen LogP) is 5.56. The van der Waals surface area contributed by atoms with Gasteiger partial charge in [-0.3, -0.25) is 0 Å². The Kier molecular flexibility index (Phi) is 4.98. The summed E-state index contributed by atoms with van der Waals surface area (Å²) in [6.07, 6.45) is 0. The maximum Gasteiger partial charge on any atom is 0.155 e. The molecule has 0 bridgehead atoms. The maximum absolute atomic E-state index is 14.9. The average Bonchev–Trinajstić information content (AvgIpc) is 3.25. The summed E-state index contributed by atoms with van der Waals surface area (Å²) < 4.78 is 14.9. The van der Waals surface area contributed by atoms with Crippen molar-refractivity contribution in [3.63, 3.8) is 0 Å². The van der Waals surface area contributed by atoms with E-state index in [1.807, 2.05) is 90.3 Å². The highest BCUT2D eigenvalue weighted by Crippen LogP contribution is 2.62. The Morgan fingerprint density at radius 3 is 1.78 bits per heavy atom. The van der Waals surface area contributed by atoms with Crippen LogP contribution in [0.2, 0.25) is 0 Å². The Morgan fingerprint density at radius 2 is 1.26 bits per heavy atom. The van der Waals surface area contributed by atoms with Gasteiger partial charge in [0.2, 0.25) is 0 Å². The van der Waals surface area contributed by atoms with Crippen molar-refractivity contribution in [3.05, 3.63) is 113 Å². The maximum atomic E-state index is 14.9. The normalized spacial score (nSPS) is 12.6. The number of phenols is 1. The minimum atomic E-state index is -3.12. The lowest BCUT2D eigenvalue weighted by molar-refractivity contribution is 0.468. The third kappa shape index (κ3) is 3.25. The molecular formula is C23H19O2PS. The summed E-state index contributed by atoms with van der Waals surface area (Å²) in [5.74, 6) is 0.169. The molecule has 4 rings (SSSR count). The lowest BCUT2D eigenvalue weighted by atomic mass is 10.1. The molecule has 0 aliphatic carbocycles. The second-order valence-corrected chi connectivity index (χ2v) is 10.2. The number of hydrogen-bond acceptors (Lipinski definition) is 3. The third-order valence-corrected chi connectivity index (χ3v) is 9.21. The number of benzene rings is 3. The zero-order valence-electron chi connectivity index (χ0n) is 14.6. The topological polar surface area (TPSA) is 37.3 Å². The predicted molar refractivity (Wildman–Crippen MR) is 114 cm³/mol. The van der Waals surface area contributed by atoms with Crippen molar-refractivity contribution < 1.29 is 9.67 Å². The van der Waals surface area contributed by atoms with Gasteiger partial charge in [-0.25, -0.2) is 0 Å². The van der Waals surface area contributed by atoms with E-state index in [0.29, 0.717) is 5.56 Å². The van der Waals surface area contributed by atoms with E-state index in [-0.39, 0.29) is 5.75 Å². The molecular weight excluding hydrogens is 371 g/mol. The highest BCUT2D eigenvalue weighted by Gasteiger charge is 2.40. The number of phenolic OH excluding ortho intramolecular Hbond substituents is 1. The monoisotopic (exact) mass is 390 g/mol. The van der Waals surface area contributed by atoms with Crippen molar-refractivity contribution in [2.45, 2.75) is 5.66 Å². The van der Waals surface area contributed by atoms with Crippen molar-refractivity contribution in [1.82, 2.24) is 0 Å². The van der Waals surface area contributed by atoms with Gasteiger partial charge in [0, 0.05) is 21.0 Å². The van der Waals surface area contributed by atoms with E-state index >= 15 is 0 Å². The van der Waals surface area contributed by atoms with E-state index in [0.717, 1.165) is 15.5 Å². The Balaban J connectivity index is 2.05. The zero-order valence-corrected chi connectivity index (χ0v) is 16.3. The summed E-state index contributed by atoms with van der Waals surface area (Å²) in [5, 5.41) is 14.2. The Bertz CT molecular complexity index is 1020. The number of aromatic hydroxyl groups is 1. The van der Waals surface area contributed by atoms with Crippen LogP contribution < -0.4 is 10.6 Å². The van der Waals surface area contributed by atoms with Crippen LogP contribution in [0.25, 0.3) is 0 Å². The van der Waals surface area contributed by atoms with Crippen LogP contribution in [0.3, 0.4) is 0 Å². The Hall–Kier alpha value is -2.61. The molecule has 0 saturated carbocycles. The fourth-order valence-electron chi connectivity index (χ4n) is 3.44. The standard InChI is InChI=1S/C23H19O2PS/c24-21-15-8-7-14-20(21)23(22-16-9-17-27-22)26(25,18-10-3-1-4-11-18)19-12-5-2-6-13-19/h1-17,23-24H. The first-order valence-corrected chi connectivity index (χ1v) is 11.4. The summed E-state index contributed by atoms with van der Waals surface area (Å²) in [4.78, 5) is 0.979. The Morgan fingerprint density at radius 1 is 0.704 bits per heavy atom. The lowest BCUT2D eigenvalue weighted by Gasteiger charge is -2.29. The van der Waals surface area contributed by atoms with Crippen LogP contribution >= 0.6 is 18.5 Å². The summed E-state index contributed by atoms with van der Waals surface area (Å²) in [6.45, 7) is 0. The molecule has 4 aromatic rings. The molecule has 3 aromatic carbocycles. The van der Waals surface area contributed by atoms with Gasteiger partial charge >= 0.3 is 0 Å². The smallest absolute Gasteiger partial charge is 0.155 e. The van der Waals surface area contributed by atoms with Gasteiger partial charge in [-0.15, -0.1) is 11.3 Å². The molecule has 1 atom stereocenters. The van der Waals surface area contributed by atoms with Gasteiger partial charge in [0.1, 0.15) is 5.75 Å². The quantitative estimate of drug-likeness (QED) is 0.453. The largest absolute Gasteiger partial charge is 0.508 e. The molecule has 0 amide bonds. The lowest BCUT2D eigenvalue weighted by Crippen LogP contribution is -2.21. The molecule has 0 spiro atoms. The molecule has 27 heavy (non-hydrogen) atoms. The minimum Gasteiger partial charge on any atom is -0.508 e. The molecule has 0 aliphatic heterocycles. The van der Waals surface area contributed by atoms with Gasteiger partial charge < -0.3 is 9.67 Å². The number of thiophene rings is 1. The fourth-order valence-corrected chi connectivity index (χ4v) is 7.97. The van der Waals surface area contributed by atoms with E-state index in [1.165, 1.54) is 0 Å². The van der Waals surface area contributed by atoms with Crippen LogP contribution in [0.5, 0.6) is 5.75 Å². The van der Waals surface area contributed by atoms with Crippen molar-refractivity contribution in [3.8, 4) is 5.75 Å². The van der Waals surface area contributed by atoms with E-state index in [1.54, 1.807) is 23.5 Å². The van der Waals surface area contributed by atoms with Crippen LogP contribution in [-0.4, -0.2) is 5.11 Å². The van der Waals surface area contributed by atoms with Crippen LogP contribution in [0.1, 0.15) is 16.1 Å². The number of rotatable bonds is 5. The molecule has 0 fully saturated rings. The first-order chi connectivity index (χ1) is 13.2. The SMILES string of the molecule is O=P(c1ccccc1)(c1ccccc1)C(c1cccs1)c1ccccc1O. The highest BCUT2D eigenvalue weighted by atomic mass is 32.1. The summed E-state index contributed by atoms with van der Waals surface area (Å²) in [7, 11) is -3.12. The van der Waals surface area contributed by atoms with Crippen LogP contribution in [-0.2, 0) is 4.57 Å². The highest BCUT2D eigenvalue weighted by molar-refractivity contribution is 7.79. The molecule has 0 radical (unpaired) electrons. The van der Waals surface area contributed by atoms with Gasteiger partial charge in [0.05, 0.1) is 5.66 Å². The van der Waals surface area contributed by atoms with E-state index < -0.39 is 12.8 Å². The first-order valence-electron chi connectivity index (χ1n) is 8.73. The van der Waals surface area contributed by atoms with Gasteiger partial charge in [-0.1, -0.05) is 84.9 Å². The van der Waals surface area contributed by atoms with Crippen molar-refractivity contribution in [2.75, 3.05) is 0 Å². The summed E-state index contributed by atoms with van der Waals surface area (Å²) >= 11 is 1.57. The number of para-hydroxylation sites is 1. The van der Waals surface area contributed by atoms with Crippen molar-refractivity contribution in [2.24, 2.45) is 0 Å². The minimum absolute atomic E-state index is 0.169. The third-order valence-electron chi connectivity index (χ3n) is 4.69. The van der Waals surface area contributed by atoms with Crippen LogP contribution in [0, 0.1) is 0 Å².